The first-order valence-corrected chi connectivity index (χ1v) is 10.6. The third-order valence-electron chi connectivity index (χ3n) is 4.80. The summed E-state index contributed by atoms with van der Waals surface area (Å²) in [6, 6.07) is 19.1. The number of hydrogen-bond donors (Lipinski definition) is 2. The Balaban J connectivity index is 1.64. The molecule has 2 amide bonds. The maximum Gasteiger partial charge on any atom is 0.282 e. The normalized spacial score (nSPS) is 10.6. The molecule has 2 N–H and O–H groups in total. The second-order valence-electron chi connectivity index (χ2n) is 7.48. The number of rotatable bonds is 10. The molecule has 10 nitrogen and oxygen atoms in total. The molecule has 0 radical (unpaired) electrons. The van der Waals surface area contributed by atoms with Crippen LogP contribution in [-0.4, -0.2) is 30.1 Å². The van der Waals surface area contributed by atoms with Gasteiger partial charge in [0.05, 0.1) is 29.9 Å². The standard InChI is InChI=1S/C25H24N4O6/c1-17-8-10-20(11-9-17)27-24(30)14-25(31)28-26-15-19-12-22(34-2)23(13-21(19)29(32)33)35-16-18-6-4-3-5-7-18/h3-13,15H,14,16H2,1-2H3,(H,27,30)(H,28,31). The zero-order valence-corrected chi connectivity index (χ0v) is 19.2. The van der Waals surface area contributed by atoms with Gasteiger partial charge in [0.15, 0.2) is 11.5 Å². The van der Waals surface area contributed by atoms with Crippen molar-refractivity contribution in [3.8, 4) is 11.5 Å². The van der Waals surface area contributed by atoms with E-state index in [-0.39, 0.29) is 29.4 Å². The third-order valence-corrected chi connectivity index (χ3v) is 4.80. The zero-order chi connectivity index (χ0) is 25.2. The van der Waals surface area contributed by atoms with Gasteiger partial charge >= 0.3 is 0 Å². The van der Waals surface area contributed by atoms with Gasteiger partial charge in [0.25, 0.3) is 5.69 Å². The second kappa shape index (κ2) is 11.9. The number of carbonyl (C=O) groups is 2. The number of nitro benzene ring substituents is 1. The van der Waals surface area contributed by atoms with E-state index in [1.165, 1.54) is 19.2 Å². The molecule has 0 unspecified atom stereocenters. The van der Waals surface area contributed by atoms with Crippen molar-refractivity contribution < 1.29 is 24.0 Å². The lowest BCUT2D eigenvalue weighted by molar-refractivity contribution is -0.385. The Morgan fingerprint density at radius 1 is 1.03 bits per heavy atom. The molecule has 0 atom stereocenters. The topological polar surface area (TPSA) is 132 Å². The summed E-state index contributed by atoms with van der Waals surface area (Å²) in [6.07, 6.45) is 0.639. The number of amides is 2. The van der Waals surface area contributed by atoms with Crippen molar-refractivity contribution >= 4 is 29.4 Å². The molecular formula is C25H24N4O6. The molecule has 0 heterocycles. The number of carbonyl (C=O) groups excluding carboxylic acids is 2. The average Bonchev–Trinajstić information content (AvgIpc) is 2.84. The quantitative estimate of drug-likeness (QED) is 0.197. The van der Waals surface area contributed by atoms with Gasteiger partial charge in [-0.25, -0.2) is 5.43 Å². The molecule has 0 fully saturated rings. The predicted octanol–water partition coefficient (Wildman–Crippen LogP) is 3.97. The van der Waals surface area contributed by atoms with Gasteiger partial charge in [0.2, 0.25) is 11.8 Å². The lowest BCUT2D eigenvalue weighted by Gasteiger charge is -2.12. The Labute approximate surface area is 201 Å². The zero-order valence-electron chi connectivity index (χ0n) is 19.2. The van der Waals surface area contributed by atoms with Gasteiger partial charge in [-0.1, -0.05) is 48.0 Å². The van der Waals surface area contributed by atoms with E-state index in [4.69, 9.17) is 9.47 Å². The maximum absolute atomic E-state index is 12.0. The number of nitrogens with one attached hydrogen (secondary N) is 2. The summed E-state index contributed by atoms with van der Waals surface area (Å²) in [7, 11) is 1.41. The van der Waals surface area contributed by atoms with Gasteiger partial charge < -0.3 is 14.8 Å². The Morgan fingerprint density at radius 2 is 1.74 bits per heavy atom. The van der Waals surface area contributed by atoms with E-state index in [9.17, 15) is 19.7 Å². The number of hydrazone groups is 1. The molecule has 0 aliphatic rings. The Bertz CT molecular complexity index is 1230. The van der Waals surface area contributed by atoms with Gasteiger partial charge in [-0.05, 0) is 30.7 Å². The molecule has 0 bridgehead atoms. The lowest BCUT2D eigenvalue weighted by atomic mass is 10.1. The van der Waals surface area contributed by atoms with Crippen LogP contribution in [-0.2, 0) is 16.2 Å². The number of nitro groups is 1. The van der Waals surface area contributed by atoms with E-state index in [0.717, 1.165) is 17.3 Å². The first kappa shape index (κ1) is 24.9. The van der Waals surface area contributed by atoms with E-state index in [2.05, 4.69) is 15.8 Å². The highest BCUT2D eigenvalue weighted by molar-refractivity contribution is 6.03. The number of hydrogen-bond acceptors (Lipinski definition) is 7. The molecule has 0 aliphatic heterocycles. The SMILES string of the molecule is COc1cc(C=NNC(=O)CC(=O)Nc2ccc(C)cc2)c([N+](=O)[O-])cc1OCc1ccccc1. The molecule has 0 aromatic heterocycles. The summed E-state index contributed by atoms with van der Waals surface area (Å²) in [5.41, 5.74) is 4.48. The predicted molar refractivity (Wildman–Crippen MR) is 131 cm³/mol. The second-order valence-corrected chi connectivity index (χ2v) is 7.48. The highest BCUT2D eigenvalue weighted by Gasteiger charge is 2.19. The van der Waals surface area contributed by atoms with E-state index >= 15 is 0 Å². The van der Waals surface area contributed by atoms with Crippen molar-refractivity contribution in [1.29, 1.82) is 0 Å². The van der Waals surface area contributed by atoms with Crippen LogP contribution in [0.25, 0.3) is 0 Å². The van der Waals surface area contributed by atoms with Gasteiger partial charge in [-0.15, -0.1) is 0 Å². The summed E-state index contributed by atoms with van der Waals surface area (Å²) >= 11 is 0. The van der Waals surface area contributed by atoms with Crippen molar-refractivity contribution in [2.45, 2.75) is 20.0 Å². The largest absolute Gasteiger partial charge is 0.493 e. The van der Waals surface area contributed by atoms with Crippen LogP contribution in [0, 0.1) is 17.0 Å². The summed E-state index contributed by atoms with van der Waals surface area (Å²) < 4.78 is 11.0. The van der Waals surface area contributed by atoms with Crippen LogP contribution in [0.15, 0.2) is 71.8 Å². The summed E-state index contributed by atoms with van der Waals surface area (Å²) in [6.45, 7) is 2.12. The minimum atomic E-state index is -0.678. The molecule has 0 aliphatic carbocycles. The Kier molecular flexibility index (Phi) is 8.49. The highest BCUT2D eigenvalue weighted by Crippen LogP contribution is 2.34. The molecular weight excluding hydrogens is 452 g/mol. The van der Waals surface area contributed by atoms with Crippen LogP contribution < -0.4 is 20.2 Å². The van der Waals surface area contributed by atoms with Crippen molar-refractivity contribution in [3.63, 3.8) is 0 Å². The summed E-state index contributed by atoms with van der Waals surface area (Å²) in [5.74, 6) is -0.744. The fourth-order valence-electron chi connectivity index (χ4n) is 3.04. The molecule has 3 aromatic carbocycles. The molecule has 0 saturated heterocycles. The number of ether oxygens (including phenoxy) is 2. The van der Waals surface area contributed by atoms with Crippen molar-refractivity contribution in [2.24, 2.45) is 5.10 Å². The lowest BCUT2D eigenvalue weighted by Crippen LogP contribution is -2.24. The number of aryl methyl sites for hydroxylation is 1. The Morgan fingerprint density at radius 3 is 2.40 bits per heavy atom. The van der Waals surface area contributed by atoms with Gasteiger partial charge in [-0.2, -0.15) is 5.10 Å². The van der Waals surface area contributed by atoms with Crippen LogP contribution in [0.2, 0.25) is 0 Å². The van der Waals surface area contributed by atoms with Gasteiger partial charge in [0, 0.05) is 5.69 Å². The van der Waals surface area contributed by atoms with Crippen molar-refractivity contribution in [2.75, 3.05) is 12.4 Å². The summed E-state index contributed by atoms with van der Waals surface area (Å²) in [5, 5.41) is 17.9. The Hall–Kier alpha value is -4.73. The molecule has 3 rings (SSSR count). The van der Waals surface area contributed by atoms with Gasteiger partial charge in [0.1, 0.15) is 13.0 Å². The van der Waals surface area contributed by atoms with Crippen LogP contribution in [0.5, 0.6) is 11.5 Å². The van der Waals surface area contributed by atoms with Gasteiger partial charge in [-0.3, -0.25) is 19.7 Å². The summed E-state index contributed by atoms with van der Waals surface area (Å²) in [4.78, 5) is 35.1. The molecule has 0 spiro atoms. The fraction of sp³-hybridized carbons (Fsp3) is 0.160. The van der Waals surface area contributed by atoms with Crippen molar-refractivity contribution in [3.05, 3.63) is 93.5 Å². The first-order valence-electron chi connectivity index (χ1n) is 10.6. The molecule has 10 heteroatoms. The number of nitrogens with zero attached hydrogens (tertiary/aromatic N) is 2. The minimum Gasteiger partial charge on any atom is -0.493 e. The minimum absolute atomic E-state index is 0.0864. The highest BCUT2D eigenvalue weighted by atomic mass is 16.6. The van der Waals surface area contributed by atoms with E-state index in [1.54, 1.807) is 12.1 Å². The molecule has 180 valence electrons. The number of methoxy groups -OCH3 is 1. The first-order chi connectivity index (χ1) is 16.9. The van der Waals surface area contributed by atoms with Crippen molar-refractivity contribution in [1.82, 2.24) is 5.43 Å². The number of anilines is 1. The fourth-order valence-corrected chi connectivity index (χ4v) is 3.04. The average molecular weight is 476 g/mol. The molecule has 3 aromatic rings. The monoisotopic (exact) mass is 476 g/mol. The van der Waals surface area contributed by atoms with Crippen LogP contribution in [0.4, 0.5) is 11.4 Å². The van der Waals surface area contributed by atoms with E-state index < -0.39 is 23.2 Å². The van der Waals surface area contributed by atoms with Crippen LogP contribution >= 0.6 is 0 Å². The van der Waals surface area contributed by atoms with E-state index in [0.29, 0.717) is 5.69 Å². The van der Waals surface area contributed by atoms with Crippen LogP contribution in [0.3, 0.4) is 0 Å². The number of benzene rings is 3. The van der Waals surface area contributed by atoms with Crippen LogP contribution in [0.1, 0.15) is 23.1 Å². The van der Waals surface area contributed by atoms with E-state index in [1.807, 2.05) is 49.4 Å². The molecule has 0 saturated carbocycles. The smallest absolute Gasteiger partial charge is 0.282 e. The molecule has 35 heavy (non-hydrogen) atoms. The third kappa shape index (κ3) is 7.39. The maximum atomic E-state index is 12.0.